The monoisotopic (exact) mass is 221 g/mol. The summed E-state index contributed by atoms with van der Waals surface area (Å²) in [5.74, 6) is 0. The smallest absolute Gasteiger partial charge is 0.0561 e. The fourth-order valence-electron chi connectivity index (χ4n) is 1.97. The first-order valence-electron chi connectivity index (χ1n) is 6.00. The molecule has 90 valence electrons. The highest BCUT2D eigenvalue weighted by molar-refractivity contribution is 5.28. The molecular weight excluding hydrogens is 198 g/mol. The lowest BCUT2D eigenvalue weighted by molar-refractivity contribution is 0.100. The van der Waals surface area contributed by atoms with Crippen molar-refractivity contribution in [2.75, 3.05) is 13.7 Å². The number of hydrogen-bond acceptors (Lipinski definition) is 2. The Morgan fingerprint density at radius 3 is 2.56 bits per heavy atom. The number of nitrogens with one attached hydrogen (secondary N) is 1. The minimum Gasteiger partial charge on any atom is -0.382 e. The van der Waals surface area contributed by atoms with Crippen LogP contribution in [0, 0.1) is 6.92 Å². The van der Waals surface area contributed by atoms with Gasteiger partial charge in [0.15, 0.2) is 0 Å². The van der Waals surface area contributed by atoms with E-state index in [1.807, 2.05) is 0 Å². The molecule has 0 fully saturated rings. The highest BCUT2D eigenvalue weighted by Crippen LogP contribution is 2.22. The summed E-state index contributed by atoms with van der Waals surface area (Å²) >= 11 is 0. The van der Waals surface area contributed by atoms with Gasteiger partial charge in [0.25, 0.3) is 0 Å². The van der Waals surface area contributed by atoms with Crippen molar-refractivity contribution < 1.29 is 4.74 Å². The third-order valence-corrected chi connectivity index (χ3v) is 2.98. The zero-order chi connectivity index (χ0) is 12.0. The minimum absolute atomic E-state index is 0.281. The molecule has 0 aliphatic carbocycles. The van der Waals surface area contributed by atoms with Gasteiger partial charge in [0.1, 0.15) is 0 Å². The lowest BCUT2D eigenvalue weighted by atomic mass is 9.97. The van der Waals surface area contributed by atoms with Gasteiger partial charge in [-0.2, -0.15) is 0 Å². The summed E-state index contributed by atoms with van der Waals surface area (Å²) in [6.45, 7) is 7.40. The van der Waals surface area contributed by atoms with E-state index in [4.69, 9.17) is 4.74 Å². The van der Waals surface area contributed by atoms with Crippen molar-refractivity contribution >= 4 is 0 Å². The van der Waals surface area contributed by atoms with Gasteiger partial charge >= 0.3 is 0 Å². The first-order valence-corrected chi connectivity index (χ1v) is 6.00. The summed E-state index contributed by atoms with van der Waals surface area (Å²) in [5, 5.41) is 3.52. The van der Waals surface area contributed by atoms with Gasteiger partial charge in [-0.05, 0) is 37.9 Å². The van der Waals surface area contributed by atoms with E-state index in [0.29, 0.717) is 6.04 Å². The van der Waals surface area contributed by atoms with Crippen LogP contribution in [0.15, 0.2) is 24.3 Å². The summed E-state index contributed by atoms with van der Waals surface area (Å²) in [7, 11) is 1.77. The first-order chi connectivity index (χ1) is 7.69. The molecule has 0 saturated heterocycles. The molecule has 1 rings (SSSR count). The van der Waals surface area contributed by atoms with Gasteiger partial charge in [0, 0.05) is 13.2 Å². The quantitative estimate of drug-likeness (QED) is 0.797. The molecule has 1 aromatic carbocycles. The summed E-state index contributed by atoms with van der Waals surface area (Å²) in [5.41, 5.74) is 2.73. The van der Waals surface area contributed by atoms with Crippen LogP contribution in [0.25, 0.3) is 0 Å². The van der Waals surface area contributed by atoms with Crippen LogP contribution < -0.4 is 5.32 Å². The van der Waals surface area contributed by atoms with Gasteiger partial charge in [-0.1, -0.05) is 31.2 Å². The Balaban J connectivity index is 2.80. The number of rotatable bonds is 6. The van der Waals surface area contributed by atoms with E-state index in [1.165, 1.54) is 11.1 Å². The third kappa shape index (κ3) is 3.62. The molecule has 16 heavy (non-hydrogen) atoms. The topological polar surface area (TPSA) is 21.3 Å². The molecular formula is C14H23NO. The van der Waals surface area contributed by atoms with E-state index >= 15 is 0 Å². The molecule has 0 aliphatic heterocycles. The normalized spacial score (nSPS) is 14.8. The average Bonchev–Trinajstić information content (AvgIpc) is 2.29. The predicted octanol–water partition coefficient (Wildman–Crippen LogP) is 3.07. The SMILES string of the molecule is CCNC(CC(C)OC)c1ccccc1C. The summed E-state index contributed by atoms with van der Waals surface area (Å²) < 4.78 is 5.35. The Labute approximate surface area is 99.0 Å². The Morgan fingerprint density at radius 2 is 2.00 bits per heavy atom. The van der Waals surface area contributed by atoms with Crippen LogP contribution in [0.2, 0.25) is 0 Å². The molecule has 0 aliphatic rings. The standard InChI is InChI=1S/C14H23NO/c1-5-15-14(10-12(3)16-4)13-9-7-6-8-11(13)2/h6-9,12,14-15H,5,10H2,1-4H3. The summed E-state index contributed by atoms with van der Waals surface area (Å²) in [6.07, 6.45) is 1.29. The summed E-state index contributed by atoms with van der Waals surface area (Å²) in [6, 6.07) is 8.94. The maximum atomic E-state index is 5.35. The van der Waals surface area contributed by atoms with Crippen LogP contribution in [0.4, 0.5) is 0 Å². The first kappa shape index (κ1) is 13.2. The molecule has 2 unspecified atom stereocenters. The van der Waals surface area contributed by atoms with Crippen molar-refractivity contribution in [3.05, 3.63) is 35.4 Å². The largest absolute Gasteiger partial charge is 0.382 e. The lowest BCUT2D eigenvalue weighted by Crippen LogP contribution is -2.25. The molecule has 0 radical (unpaired) electrons. The Bertz CT molecular complexity index is 311. The van der Waals surface area contributed by atoms with Crippen molar-refractivity contribution in [3.63, 3.8) is 0 Å². The van der Waals surface area contributed by atoms with Gasteiger partial charge in [-0.3, -0.25) is 0 Å². The van der Waals surface area contributed by atoms with Gasteiger partial charge < -0.3 is 10.1 Å². The maximum absolute atomic E-state index is 5.35. The van der Waals surface area contributed by atoms with E-state index < -0.39 is 0 Å². The number of ether oxygens (including phenoxy) is 1. The van der Waals surface area contributed by atoms with Crippen molar-refractivity contribution in [1.82, 2.24) is 5.32 Å². The Hall–Kier alpha value is -0.860. The highest BCUT2D eigenvalue weighted by Gasteiger charge is 2.15. The van der Waals surface area contributed by atoms with E-state index in [-0.39, 0.29) is 6.10 Å². The molecule has 0 amide bonds. The zero-order valence-electron chi connectivity index (χ0n) is 10.8. The Kier molecular flexibility index (Phi) is 5.50. The second-order valence-corrected chi connectivity index (χ2v) is 4.25. The van der Waals surface area contributed by atoms with Crippen molar-refractivity contribution in [3.8, 4) is 0 Å². The molecule has 0 bridgehead atoms. The zero-order valence-corrected chi connectivity index (χ0v) is 10.8. The van der Waals surface area contributed by atoms with Crippen LogP contribution in [-0.4, -0.2) is 19.8 Å². The van der Waals surface area contributed by atoms with Crippen molar-refractivity contribution in [1.29, 1.82) is 0 Å². The number of benzene rings is 1. The number of aryl methyl sites for hydroxylation is 1. The van der Waals surface area contributed by atoms with E-state index in [9.17, 15) is 0 Å². The number of methoxy groups -OCH3 is 1. The fraction of sp³-hybridized carbons (Fsp3) is 0.571. The van der Waals surface area contributed by atoms with E-state index in [1.54, 1.807) is 7.11 Å². The highest BCUT2D eigenvalue weighted by atomic mass is 16.5. The van der Waals surface area contributed by atoms with Crippen molar-refractivity contribution in [2.45, 2.75) is 39.3 Å². The predicted molar refractivity (Wildman–Crippen MR) is 68.7 cm³/mol. The van der Waals surface area contributed by atoms with Gasteiger partial charge in [-0.15, -0.1) is 0 Å². The van der Waals surface area contributed by atoms with E-state index in [0.717, 1.165) is 13.0 Å². The molecule has 2 heteroatoms. The molecule has 0 heterocycles. The molecule has 2 atom stereocenters. The van der Waals surface area contributed by atoms with Gasteiger partial charge in [0.05, 0.1) is 6.10 Å². The van der Waals surface area contributed by atoms with Crippen LogP contribution in [0.3, 0.4) is 0 Å². The van der Waals surface area contributed by atoms with Crippen LogP contribution >= 0.6 is 0 Å². The van der Waals surface area contributed by atoms with Crippen LogP contribution in [0.1, 0.15) is 37.4 Å². The molecule has 1 N–H and O–H groups in total. The molecule has 1 aromatic rings. The second kappa shape index (κ2) is 6.66. The van der Waals surface area contributed by atoms with Crippen molar-refractivity contribution in [2.24, 2.45) is 0 Å². The second-order valence-electron chi connectivity index (χ2n) is 4.25. The molecule has 0 spiro atoms. The number of hydrogen-bond donors (Lipinski definition) is 1. The molecule has 2 nitrogen and oxygen atoms in total. The summed E-state index contributed by atoms with van der Waals surface area (Å²) in [4.78, 5) is 0. The maximum Gasteiger partial charge on any atom is 0.0561 e. The van der Waals surface area contributed by atoms with E-state index in [2.05, 4.69) is 50.4 Å². The van der Waals surface area contributed by atoms with Crippen LogP contribution in [0.5, 0.6) is 0 Å². The van der Waals surface area contributed by atoms with Gasteiger partial charge in [-0.25, -0.2) is 0 Å². The molecule has 0 aromatic heterocycles. The minimum atomic E-state index is 0.281. The molecule has 0 saturated carbocycles. The Morgan fingerprint density at radius 1 is 1.31 bits per heavy atom. The van der Waals surface area contributed by atoms with Crippen LogP contribution in [-0.2, 0) is 4.74 Å². The lowest BCUT2D eigenvalue weighted by Gasteiger charge is -2.23. The third-order valence-electron chi connectivity index (χ3n) is 2.98. The average molecular weight is 221 g/mol. The fourth-order valence-corrected chi connectivity index (χ4v) is 1.97. The van der Waals surface area contributed by atoms with Gasteiger partial charge in [0.2, 0.25) is 0 Å².